The molecule has 0 bridgehead atoms. The lowest BCUT2D eigenvalue weighted by Gasteiger charge is -2.16. The minimum Gasteiger partial charge on any atom is -0.504 e. The van der Waals surface area contributed by atoms with Crippen LogP contribution in [0.15, 0.2) is 22.1 Å². The van der Waals surface area contributed by atoms with Crippen molar-refractivity contribution in [3.63, 3.8) is 0 Å². The highest BCUT2D eigenvalue weighted by atomic mass is 16.5. The zero-order chi connectivity index (χ0) is 14.4. The van der Waals surface area contributed by atoms with Crippen molar-refractivity contribution < 1.29 is 29.0 Å². The summed E-state index contributed by atoms with van der Waals surface area (Å²) in [5.41, 5.74) is 0.701. The number of rotatable bonds is 4. The van der Waals surface area contributed by atoms with Crippen LogP contribution in [0.5, 0.6) is 0 Å². The van der Waals surface area contributed by atoms with Crippen LogP contribution in [-0.4, -0.2) is 41.9 Å². The molecule has 1 rings (SSSR count). The van der Waals surface area contributed by atoms with Crippen molar-refractivity contribution in [2.24, 2.45) is 5.10 Å². The molecule has 2 N–H and O–H groups in total. The van der Waals surface area contributed by atoms with Crippen molar-refractivity contribution in [2.75, 3.05) is 13.2 Å². The third-order valence-corrected chi connectivity index (χ3v) is 2.04. The summed E-state index contributed by atoms with van der Waals surface area (Å²) in [6, 6.07) is 0. The minimum atomic E-state index is -0.914. The van der Waals surface area contributed by atoms with E-state index in [-0.39, 0.29) is 13.2 Å². The van der Waals surface area contributed by atoms with Crippen LogP contribution in [-0.2, 0) is 23.9 Å². The van der Waals surface area contributed by atoms with Crippen LogP contribution in [0.3, 0.4) is 0 Å². The smallest absolute Gasteiger partial charge is 0.360 e. The predicted octanol–water partition coefficient (Wildman–Crippen LogP) is -0.401. The molecule has 1 aliphatic rings. The molecule has 0 aromatic rings. The van der Waals surface area contributed by atoms with Crippen LogP contribution in [0, 0.1) is 0 Å². The largest absolute Gasteiger partial charge is 0.504 e. The molecule has 0 amide bonds. The molecule has 0 saturated heterocycles. The van der Waals surface area contributed by atoms with Gasteiger partial charge >= 0.3 is 11.9 Å². The molecule has 0 aliphatic carbocycles. The van der Waals surface area contributed by atoms with E-state index in [1.807, 2.05) is 0 Å². The van der Waals surface area contributed by atoms with Crippen molar-refractivity contribution in [2.45, 2.75) is 13.8 Å². The molecule has 8 heteroatoms. The van der Waals surface area contributed by atoms with Crippen LogP contribution in [0.25, 0.3) is 0 Å². The Labute approximate surface area is 108 Å². The molecule has 102 valence electrons. The number of carbonyl (C=O) groups excluding carboxylic acids is 3. The van der Waals surface area contributed by atoms with Gasteiger partial charge in [-0.3, -0.25) is 5.43 Å². The second kappa shape index (κ2) is 6.36. The number of ether oxygens (including phenoxy) is 2. The third kappa shape index (κ3) is 2.99. The van der Waals surface area contributed by atoms with Crippen molar-refractivity contribution in [1.82, 2.24) is 5.43 Å². The Bertz CT molecular complexity index is 513. The molecule has 0 spiro atoms. The van der Waals surface area contributed by atoms with E-state index in [1.54, 1.807) is 13.8 Å². The monoisotopic (exact) mass is 268 g/mol. The molecule has 1 aliphatic heterocycles. The van der Waals surface area contributed by atoms with E-state index in [0.29, 0.717) is 0 Å². The maximum absolute atomic E-state index is 11.5. The number of hydrogen-bond acceptors (Lipinski definition) is 8. The fourth-order valence-corrected chi connectivity index (χ4v) is 1.25. The molecule has 0 saturated carbocycles. The number of aliphatic hydroxyl groups is 1. The number of hydrogen-bond donors (Lipinski definition) is 2. The van der Waals surface area contributed by atoms with E-state index in [1.165, 1.54) is 5.94 Å². The Hall–Kier alpha value is -2.60. The van der Waals surface area contributed by atoms with E-state index >= 15 is 0 Å². The number of nitrogens with one attached hydrogen (secondary N) is 1. The summed E-state index contributed by atoms with van der Waals surface area (Å²) >= 11 is 0. The van der Waals surface area contributed by atoms with Gasteiger partial charge in [0.2, 0.25) is 0 Å². The molecule has 0 atom stereocenters. The Morgan fingerprint density at radius 3 is 2.37 bits per heavy atom. The normalized spacial score (nSPS) is 14.2. The van der Waals surface area contributed by atoms with Gasteiger partial charge in [-0.15, -0.1) is 0 Å². The summed E-state index contributed by atoms with van der Waals surface area (Å²) in [6.07, 6.45) is 0. The summed E-state index contributed by atoms with van der Waals surface area (Å²) in [7, 11) is 0. The summed E-state index contributed by atoms with van der Waals surface area (Å²) < 4.78 is 9.29. The second-order valence-corrected chi connectivity index (χ2v) is 3.21. The number of allylic oxidation sites excluding steroid dienone is 1. The SMILES string of the molecule is CCOC(=O)C1=NNC(C(=O)OCC)=C(O)C1=C=O. The third-order valence-electron chi connectivity index (χ3n) is 2.04. The molecule has 0 aromatic carbocycles. The fourth-order valence-electron chi connectivity index (χ4n) is 1.25. The van der Waals surface area contributed by atoms with Crippen molar-refractivity contribution in [1.29, 1.82) is 0 Å². The Kier molecular flexibility index (Phi) is 4.84. The molecule has 0 radical (unpaired) electrons. The van der Waals surface area contributed by atoms with Crippen LogP contribution >= 0.6 is 0 Å². The molecule has 0 aromatic heterocycles. The highest BCUT2D eigenvalue weighted by Crippen LogP contribution is 2.16. The predicted molar refractivity (Wildman–Crippen MR) is 62.7 cm³/mol. The number of hydrazone groups is 1. The molecular weight excluding hydrogens is 256 g/mol. The standard InChI is InChI=1S/C11H12N2O6/c1-3-18-10(16)7-6(5-14)9(15)8(13-12-7)11(17)19-4-2/h13,15H,3-4H2,1-2H3. The molecule has 0 fully saturated rings. The summed E-state index contributed by atoms with van der Waals surface area (Å²) in [5.74, 6) is -1.23. The van der Waals surface area contributed by atoms with Gasteiger partial charge in [0.05, 0.1) is 13.2 Å². The average molecular weight is 268 g/mol. The summed E-state index contributed by atoms with van der Waals surface area (Å²) in [5, 5.41) is 13.3. The second-order valence-electron chi connectivity index (χ2n) is 3.21. The van der Waals surface area contributed by atoms with Gasteiger partial charge in [0.1, 0.15) is 11.5 Å². The first-order valence-electron chi connectivity index (χ1n) is 5.43. The van der Waals surface area contributed by atoms with Gasteiger partial charge < -0.3 is 14.6 Å². The molecular formula is C11H12N2O6. The van der Waals surface area contributed by atoms with Crippen LogP contribution in [0.4, 0.5) is 0 Å². The molecule has 8 nitrogen and oxygen atoms in total. The van der Waals surface area contributed by atoms with Crippen molar-refractivity contribution in [3.05, 3.63) is 17.0 Å². The Morgan fingerprint density at radius 2 is 1.84 bits per heavy atom. The van der Waals surface area contributed by atoms with Gasteiger partial charge in [-0.05, 0) is 13.8 Å². The Morgan fingerprint density at radius 1 is 1.26 bits per heavy atom. The zero-order valence-electron chi connectivity index (χ0n) is 10.3. The van der Waals surface area contributed by atoms with Crippen molar-refractivity contribution >= 4 is 23.6 Å². The summed E-state index contributed by atoms with van der Waals surface area (Å²) in [4.78, 5) is 33.7. The van der Waals surface area contributed by atoms with E-state index < -0.39 is 34.7 Å². The van der Waals surface area contributed by atoms with E-state index in [2.05, 4.69) is 20.0 Å². The maximum atomic E-state index is 11.5. The van der Waals surface area contributed by atoms with E-state index in [9.17, 15) is 19.5 Å². The van der Waals surface area contributed by atoms with Crippen LogP contribution in [0.1, 0.15) is 13.8 Å². The number of nitrogens with zero attached hydrogens (tertiary/aromatic N) is 1. The lowest BCUT2D eigenvalue weighted by molar-refractivity contribution is -0.139. The van der Waals surface area contributed by atoms with Gasteiger partial charge in [-0.2, -0.15) is 5.10 Å². The first kappa shape index (κ1) is 14.5. The molecule has 0 unspecified atom stereocenters. The van der Waals surface area contributed by atoms with Crippen LogP contribution in [0.2, 0.25) is 0 Å². The van der Waals surface area contributed by atoms with Gasteiger partial charge in [-0.25, -0.2) is 14.4 Å². The number of esters is 2. The van der Waals surface area contributed by atoms with E-state index in [0.717, 1.165) is 0 Å². The topological polar surface area (TPSA) is 114 Å². The Balaban J connectivity index is 3.08. The quantitative estimate of drug-likeness (QED) is 0.526. The van der Waals surface area contributed by atoms with Crippen molar-refractivity contribution in [3.8, 4) is 0 Å². The number of aliphatic hydroxyl groups excluding tert-OH is 1. The molecule has 1 heterocycles. The average Bonchev–Trinajstić information content (AvgIpc) is 2.38. The minimum absolute atomic E-state index is 0.0687. The highest BCUT2D eigenvalue weighted by Gasteiger charge is 2.32. The fraction of sp³-hybridized carbons (Fsp3) is 0.364. The highest BCUT2D eigenvalue weighted by molar-refractivity contribution is 6.46. The zero-order valence-corrected chi connectivity index (χ0v) is 10.3. The first-order chi connectivity index (χ1) is 9.06. The van der Waals surface area contributed by atoms with E-state index in [4.69, 9.17) is 0 Å². The van der Waals surface area contributed by atoms with Crippen LogP contribution < -0.4 is 5.43 Å². The maximum Gasteiger partial charge on any atom is 0.360 e. The van der Waals surface area contributed by atoms with Gasteiger partial charge in [0, 0.05) is 0 Å². The lowest BCUT2D eigenvalue weighted by Crippen LogP contribution is -2.32. The van der Waals surface area contributed by atoms with Gasteiger partial charge in [0.15, 0.2) is 17.2 Å². The lowest BCUT2D eigenvalue weighted by atomic mass is 10.1. The summed E-state index contributed by atoms with van der Waals surface area (Å²) in [6.45, 7) is 3.28. The van der Waals surface area contributed by atoms with Gasteiger partial charge in [-0.1, -0.05) is 0 Å². The first-order valence-corrected chi connectivity index (χ1v) is 5.43. The number of carbonyl (C=O) groups is 2. The van der Waals surface area contributed by atoms with Gasteiger partial charge in [0.25, 0.3) is 0 Å². The molecule has 19 heavy (non-hydrogen) atoms.